The lowest BCUT2D eigenvalue weighted by Gasteiger charge is -2.09. The van der Waals surface area contributed by atoms with Crippen LogP contribution in [0.15, 0.2) is 40.4 Å². The monoisotopic (exact) mass is 349 g/mol. The molecule has 7 nitrogen and oxygen atoms in total. The first-order valence-corrected chi connectivity index (χ1v) is 9.43. The number of aromatic amines is 1. The van der Waals surface area contributed by atoms with E-state index < -0.39 is 19.9 Å². The van der Waals surface area contributed by atoms with Crippen molar-refractivity contribution in [3.63, 3.8) is 0 Å². The summed E-state index contributed by atoms with van der Waals surface area (Å²) in [5, 5.41) is -0.0608. The van der Waals surface area contributed by atoms with E-state index in [9.17, 15) is 16.8 Å². The highest BCUT2D eigenvalue weighted by molar-refractivity contribution is 7.91. The largest absolute Gasteiger partial charge is 0.347 e. The SMILES string of the molecule is CS(=O)(=O)c1ccc(Cl)c(S(=O)(=O)NCc2ncc[nH]2)c1. The van der Waals surface area contributed by atoms with Gasteiger partial charge in [0.2, 0.25) is 10.0 Å². The van der Waals surface area contributed by atoms with Gasteiger partial charge in [-0.05, 0) is 18.2 Å². The molecule has 0 saturated heterocycles. The van der Waals surface area contributed by atoms with Crippen LogP contribution >= 0.6 is 11.6 Å². The maximum absolute atomic E-state index is 12.2. The third-order valence-electron chi connectivity index (χ3n) is 2.60. The molecule has 0 aliphatic rings. The maximum atomic E-state index is 12.2. The van der Waals surface area contributed by atoms with Gasteiger partial charge in [0.1, 0.15) is 10.7 Å². The number of rotatable bonds is 5. The van der Waals surface area contributed by atoms with Crippen LogP contribution < -0.4 is 4.72 Å². The van der Waals surface area contributed by atoms with E-state index in [0.717, 1.165) is 12.3 Å². The highest BCUT2D eigenvalue weighted by atomic mass is 35.5. The van der Waals surface area contributed by atoms with Crippen LogP contribution in [0.25, 0.3) is 0 Å². The second kappa shape index (κ2) is 5.76. The molecule has 21 heavy (non-hydrogen) atoms. The van der Waals surface area contributed by atoms with Gasteiger partial charge in [0.15, 0.2) is 9.84 Å². The number of imidazole rings is 1. The lowest BCUT2D eigenvalue weighted by atomic mass is 10.4. The summed E-state index contributed by atoms with van der Waals surface area (Å²) in [4.78, 5) is 6.21. The number of H-pyrrole nitrogens is 1. The molecule has 1 heterocycles. The number of nitrogens with one attached hydrogen (secondary N) is 2. The highest BCUT2D eigenvalue weighted by Gasteiger charge is 2.21. The lowest BCUT2D eigenvalue weighted by Crippen LogP contribution is -2.24. The van der Waals surface area contributed by atoms with Crippen molar-refractivity contribution in [1.29, 1.82) is 0 Å². The molecule has 0 bridgehead atoms. The molecule has 0 aliphatic carbocycles. The van der Waals surface area contributed by atoms with E-state index >= 15 is 0 Å². The summed E-state index contributed by atoms with van der Waals surface area (Å²) in [5.41, 5.74) is 0. The normalized spacial score (nSPS) is 12.5. The summed E-state index contributed by atoms with van der Waals surface area (Å²) in [6.45, 7) is -0.0607. The fourth-order valence-electron chi connectivity index (χ4n) is 1.56. The molecule has 0 spiro atoms. The Morgan fingerprint density at radius 3 is 2.57 bits per heavy atom. The van der Waals surface area contributed by atoms with Crippen LogP contribution in [0, 0.1) is 0 Å². The van der Waals surface area contributed by atoms with E-state index in [1.807, 2.05) is 0 Å². The Bertz CT molecular complexity index is 846. The standard InChI is InChI=1S/C11H12ClN3O4S2/c1-20(16,17)8-2-3-9(12)10(6-8)21(18,19)15-7-11-13-4-5-14-11/h2-6,15H,7H2,1H3,(H,13,14). The van der Waals surface area contributed by atoms with E-state index in [2.05, 4.69) is 14.7 Å². The van der Waals surface area contributed by atoms with Gasteiger partial charge in [-0.3, -0.25) is 0 Å². The molecule has 2 aromatic rings. The molecule has 0 unspecified atom stereocenters. The molecule has 0 saturated carbocycles. The van der Waals surface area contributed by atoms with Gasteiger partial charge in [-0.1, -0.05) is 11.6 Å². The minimum Gasteiger partial charge on any atom is -0.347 e. The first-order valence-electron chi connectivity index (χ1n) is 5.68. The summed E-state index contributed by atoms with van der Waals surface area (Å²) >= 11 is 5.85. The number of sulfonamides is 1. The summed E-state index contributed by atoms with van der Waals surface area (Å²) < 4.78 is 49.7. The topological polar surface area (TPSA) is 109 Å². The number of nitrogens with zero attached hydrogens (tertiary/aromatic N) is 1. The Hall–Kier alpha value is -1.42. The molecular formula is C11H12ClN3O4S2. The Morgan fingerprint density at radius 2 is 2.00 bits per heavy atom. The van der Waals surface area contributed by atoms with Crippen molar-refractivity contribution in [2.45, 2.75) is 16.3 Å². The van der Waals surface area contributed by atoms with E-state index in [4.69, 9.17) is 11.6 Å². The minimum absolute atomic E-state index is 0.0607. The zero-order valence-corrected chi connectivity index (χ0v) is 13.3. The van der Waals surface area contributed by atoms with Crippen LogP contribution in [0.3, 0.4) is 0 Å². The number of hydrogen-bond acceptors (Lipinski definition) is 5. The van der Waals surface area contributed by atoms with Crippen LogP contribution in [-0.2, 0) is 26.4 Å². The number of benzene rings is 1. The minimum atomic E-state index is -3.96. The predicted molar refractivity (Wildman–Crippen MR) is 77.2 cm³/mol. The smallest absolute Gasteiger partial charge is 0.242 e. The van der Waals surface area contributed by atoms with Crippen LogP contribution in [0.1, 0.15) is 5.82 Å². The fraction of sp³-hybridized carbons (Fsp3) is 0.182. The molecule has 0 fully saturated rings. The molecule has 1 aromatic carbocycles. The van der Waals surface area contributed by atoms with Crippen LogP contribution in [0.5, 0.6) is 0 Å². The van der Waals surface area contributed by atoms with Crippen molar-refractivity contribution >= 4 is 31.5 Å². The van der Waals surface area contributed by atoms with Gasteiger partial charge >= 0.3 is 0 Å². The highest BCUT2D eigenvalue weighted by Crippen LogP contribution is 2.24. The van der Waals surface area contributed by atoms with Gasteiger partial charge in [0.05, 0.1) is 16.5 Å². The van der Waals surface area contributed by atoms with Crippen molar-refractivity contribution < 1.29 is 16.8 Å². The average molecular weight is 350 g/mol. The molecule has 0 radical (unpaired) electrons. The summed E-state index contributed by atoms with van der Waals surface area (Å²) in [6.07, 6.45) is 4.03. The van der Waals surface area contributed by atoms with Crippen LogP contribution in [-0.4, -0.2) is 33.1 Å². The van der Waals surface area contributed by atoms with Crippen molar-refractivity contribution in [2.24, 2.45) is 0 Å². The molecule has 0 atom stereocenters. The van der Waals surface area contributed by atoms with Gasteiger partial charge < -0.3 is 4.98 Å². The maximum Gasteiger partial charge on any atom is 0.242 e. The Morgan fingerprint density at radius 1 is 1.29 bits per heavy atom. The van der Waals surface area contributed by atoms with E-state index in [1.54, 1.807) is 6.20 Å². The molecule has 2 rings (SSSR count). The van der Waals surface area contributed by atoms with Crippen molar-refractivity contribution in [3.05, 3.63) is 41.4 Å². The van der Waals surface area contributed by atoms with Crippen molar-refractivity contribution in [3.8, 4) is 0 Å². The fourth-order valence-corrected chi connectivity index (χ4v) is 3.79. The number of hydrogen-bond donors (Lipinski definition) is 2. The summed E-state index contributed by atoms with van der Waals surface area (Å²) in [5.74, 6) is 0.425. The van der Waals surface area contributed by atoms with E-state index in [0.29, 0.717) is 5.82 Å². The number of sulfone groups is 1. The average Bonchev–Trinajstić information content (AvgIpc) is 2.88. The molecule has 0 aliphatic heterocycles. The van der Waals surface area contributed by atoms with Crippen LogP contribution in [0.2, 0.25) is 5.02 Å². The lowest BCUT2D eigenvalue weighted by molar-refractivity contribution is 0.579. The van der Waals surface area contributed by atoms with Crippen molar-refractivity contribution in [2.75, 3.05) is 6.26 Å². The zero-order valence-electron chi connectivity index (χ0n) is 10.9. The second-order valence-corrected chi connectivity index (χ2v) is 8.38. The van der Waals surface area contributed by atoms with Crippen LogP contribution in [0.4, 0.5) is 0 Å². The molecule has 2 N–H and O–H groups in total. The summed E-state index contributed by atoms with van der Waals surface area (Å²) in [6, 6.07) is 3.52. The van der Waals surface area contributed by atoms with E-state index in [-0.39, 0.29) is 21.4 Å². The molecule has 10 heteroatoms. The van der Waals surface area contributed by atoms with Gasteiger partial charge in [-0.15, -0.1) is 0 Å². The molecular weight excluding hydrogens is 338 g/mol. The van der Waals surface area contributed by atoms with E-state index in [1.165, 1.54) is 18.3 Å². The zero-order chi connectivity index (χ0) is 15.7. The molecule has 114 valence electrons. The molecule has 1 aromatic heterocycles. The summed E-state index contributed by atoms with van der Waals surface area (Å²) in [7, 11) is -7.49. The number of aromatic nitrogens is 2. The van der Waals surface area contributed by atoms with Gasteiger partial charge in [-0.25, -0.2) is 26.5 Å². The third-order valence-corrected chi connectivity index (χ3v) is 5.60. The van der Waals surface area contributed by atoms with Crippen molar-refractivity contribution in [1.82, 2.24) is 14.7 Å². The van der Waals surface area contributed by atoms with Gasteiger partial charge in [-0.2, -0.15) is 0 Å². The Labute approximate surface area is 127 Å². The van der Waals surface area contributed by atoms with Gasteiger partial charge in [0, 0.05) is 18.6 Å². The first-order chi connectivity index (χ1) is 9.70. The predicted octanol–water partition coefficient (Wildman–Crippen LogP) is 0.945. The third kappa shape index (κ3) is 3.82. The number of halogens is 1. The Kier molecular flexibility index (Phi) is 4.38. The first kappa shape index (κ1) is 16.0. The second-order valence-electron chi connectivity index (χ2n) is 4.22. The quantitative estimate of drug-likeness (QED) is 0.835. The Balaban J connectivity index is 2.35. The molecule has 0 amide bonds. The van der Waals surface area contributed by atoms with Gasteiger partial charge in [0.25, 0.3) is 0 Å².